The number of nitrogens with zero attached hydrogens (tertiary/aromatic N) is 4. The Morgan fingerprint density at radius 3 is 2.76 bits per heavy atom. The minimum Gasteiger partial charge on any atom is -0.260 e. The summed E-state index contributed by atoms with van der Waals surface area (Å²) in [7, 11) is 0. The molecule has 0 N–H and O–H groups in total. The van der Waals surface area contributed by atoms with Crippen LogP contribution in [0, 0.1) is 0 Å². The van der Waals surface area contributed by atoms with Crippen LogP contribution in [0.5, 0.6) is 0 Å². The fourth-order valence-electron chi connectivity index (χ4n) is 1.44. The minimum absolute atomic E-state index is 0.550. The SMILES string of the molecule is Brc1cc(Sc2cnccn2)nc(C2CC2)n1. The van der Waals surface area contributed by atoms with Gasteiger partial charge in [-0.3, -0.25) is 4.98 Å². The molecule has 6 heteroatoms. The van der Waals surface area contributed by atoms with Crippen molar-refractivity contribution in [3.8, 4) is 0 Å². The van der Waals surface area contributed by atoms with Gasteiger partial charge in [0.2, 0.25) is 0 Å². The number of hydrogen-bond donors (Lipinski definition) is 0. The van der Waals surface area contributed by atoms with Crippen LogP contribution in [-0.2, 0) is 0 Å². The van der Waals surface area contributed by atoms with E-state index in [0.717, 1.165) is 20.5 Å². The summed E-state index contributed by atoms with van der Waals surface area (Å²) in [5.74, 6) is 1.49. The van der Waals surface area contributed by atoms with E-state index in [9.17, 15) is 0 Å². The van der Waals surface area contributed by atoms with E-state index < -0.39 is 0 Å². The predicted octanol–water partition coefficient (Wildman–Crippen LogP) is 3.06. The van der Waals surface area contributed by atoms with Crippen molar-refractivity contribution in [3.63, 3.8) is 0 Å². The molecule has 1 saturated carbocycles. The molecule has 0 aliphatic heterocycles. The fourth-order valence-corrected chi connectivity index (χ4v) is 2.74. The highest BCUT2D eigenvalue weighted by Crippen LogP contribution is 2.39. The zero-order valence-electron chi connectivity index (χ0n) is 8.88. The number of rotatable bonds is 3. The lowest BCUT2D eigenvalue weighted by Crippen LogP contribution is -1.94. The molecule has 2 aromatic heterocycles. The Morgan fingerprint density at radius 1 is 1.18 bits per heavy atom. The predicted molar refractivity (Wildman–Crippen MR) is 67.9 cm³/mol. The van der Waals surface area contributed by atoms with Crippen LogP contribution in [0.15, 0.2) is 39.3 Å². The van der Waals surface area contributed by atoms with E-state index in [2.05, 4.69) is 35.9 Å². The lowest BCUT2D eigenvalue weighted by molar-refractivity contribution is 0.865. The van der Waals surface area contributed by atoms with Gasteiger partial charge in [0.25, 0.3) is 0 Å². The number of hydrogen-bond acceptors (Lipinski definition) is 5. The molecule has 0 bridgehead atoms. The molecular formula is C11H9BrN4S. The Hall–Kier alpha value is -1.01. The van der Waals surface area contributed by atoms with E-state index in [4.69, 9.17) is 0 Å². The van der Waals surface area contributed by atoms with E-state index >= 15 is 0 Å². The summed E-state index contributed by atoms with van der Waals surface area (Å²) in [6.07, 6.45) is 7.48. The van der Waals surface area contributed by atoms with Crippen LogP contribution < -0.4 is 0 Å². The normalized spacial score (nSPS) is 14.9. The molecule has 4 nitrogen and oxygen atoms in total. The van der Waals surface area contributed by atoms with Gasteiger partial charge in [0.1, 0.15) is 20.5 Å². The first-order valence-electron chi connectivity index (χ1n) is 5.29. The van der Waals surface area contributed by atoms with Crippen LogP contribution in [0.25, 0.3) is 0 Å². The van der Waals surface area contributed by atoms with Gasteiger partial charge in [-0.1, -0.05) is 0 Å². The third-order valence-corrected chi connectivity index (χ3v) is 3.62. The Labute approximate surface area is 111 Å². The second kappa shape index (κ2) is 4.70. The molecular weight excluding hydrogens is 300 g/mol. The standard InChI is InChI=1S/C11H9BrN4S/c12-8-5-9(16-11(15-8)7-1-2-7)17-10-6-13-3-4-14-10/h3-7H,1-2H2. The molecule has 0 spiro atoms. The van der Waals surface area contributed by atoms with Crippen molar-refractivity contribution < 1.29 is 0 Å². The number of halogens is 1. The van der Waals surface area contributed by atoms with Crippen molar-refractivity contribution >= 4 is 27.7 Å². The van der Waals surface area contributed by atoms with Gasteiger partial charge in [-0.2, -0.15) is 0 Å². The van der Waals surface area contributed by atoms with E-state index in [1.54, 1.807) is 18.6 Å². The van der Waals surface area contributed by atoms with Gasteiger partial charge in [-0.25, -0.2) is 15.0 Å². The molecule has 17 heavy (non-hydrogen) atoms. The highest BCUT2D eigenvalue weighted by atomic mass is 79.9. The van der Waals surface area contributed by atoms with Crippen molar-refractivity contribution in [3.05, 3.63) is 35.1 Å². The van der Waals surface area contributed by atoms with Crippen LogP contribution in [0.2, 0.25) is 0 Å². The third-order valence-electron chi connectivity index (χ3n) is 2.38. The molecule has 2 heterocycles. The van der Waals surface area contributed by atoms with Crippen LogP contribution in [0.1, 0.15) is 24.6 Å². The molecule has 0 saturated heterocycles. The summed E-state index contributed by atoms with van der Waals surface area (Å²) in [6.45, 7) is 0. The molecule has 0 aromatic carbocycles. The van der Waals surface area contributed by atoms with Gasteiger partial charge in [-0.05, 0) is 40.5 Å². The van der Waals surface area contributed by atoms with E-state index in [-0.39, 0.29) is 0 Å². The summed E-state index contributed by atoms with van der Waals surface area (Å²) >= 11 is 4.93. The van der Waals surface area contributed by atoms with Gasteiger partial charge in [-0.15, -0.1) is 0 Å². The first kappa shape index (κ1) is 11.1. The minimum atomic E-state index is 0.550. The summed E-state index contributed by atoms with van der Waals surface area (Å²) in [4.78, 5) is 17.2. The second-order valence-electron chi connectivity index (χ2n) is 3.81. The maximum absolute atomic E-state index is 4.54. The Morgan fingerprint density at radius 2 is 2.06 bits per heavy atom. The van der Waals surface area contributed by atoms with Crippen molar-refractivity contribution in [2.45, 2.75) is 28.8 Å². The lowest BCUT2D eigenvalue weighted by Gasteiger charge is -2.03. The smallest absolute Gasteiger partial charge is 0.134 e. The lowest BCUT2D eigenvalue weighted by atomic mass is 10.4. The average Bonchev–Trinajstić information content (AvgIpc) is 3.13. The summed E-state index contributed by atoms with van der Waals surface area (Å²) < 4.78 is 0.834. The Balaban J connectivity index is 1.87. The molecule has 3 rings (SSSR count). The highest BCUT2D eigenvalue weighted by molar-refractivity contribution is 9.10. The first-order valence-corrected chi connectivity index (χ1v) is 6.90. The van der Waals surface area contributed by atoms with Gasteiger partial charge in [0, 0.05) is 24.4 Å². The molecule has 0 unspecified atom stereocenters. The molecule has 0 amide bonds. The topological polar surface area (TPSA) is 51.6 Å². The summed E-state index contributed by atoms with van der Waals surface area (Å²) in [5, 5.41) is 1.76. The average molecular weight is 309 g/mol. The third kappa shape index (κ3) is 2.81. The van der Waals surface area contributed by atoms with Crippen LogP contribution in [-0.4, -0.2) is 19.9 Å². The highest BCUT2D eigenvalue weighted by Gasteiger charge is 2.27. The Kier molecular flexibility index (Phi) is 3.07. The van der Waals surface area contributed by atoms with Crippen molar-refractivity contribution in [2.24, 2.45) is 0 Å². The van der Waals surface area contributed by atoms with Crippen molar-refractivity contribution in [2.75, 3.05) is 0 Å². The molecule has 1 aliphatic carbocycles. The molecule has 86 valence electrons. The number of aromatic nitrogens is 4. The summed E-state index contributed by atoms with van der Waals surface area (Å²) in [5.41, 5.74) is 0. The van der Waals surface area contributed by atoms with E-state index in [1.807, 2.05) is 6.07 Å². The van der Waals surface area contributed by atoms with Crippen LogP contribution in [0.4, 0.5) is 0 Å². The maximum Gasteiger partial charge on any atom is 0.134 e. The van der Waals surface area contributed by atoms with Crippen molar-refractivity contribution in [1.82, 2.24) is 19.9 Å². The monoisotopic (exact) mass is 308 g/mol. The zero-order chi connectivity index (χ0) is 11.7. The molecule has 1 aliphatic rings. The first-order chi connectivity index (χ1) is 8.31. The van der Waals surface area contributed by atoms with Gasteiger partial charge in [0.05, 0.1) is 6.20 Å². The largest absolute Gasteiger partial charge is 0.260 e. The van der Waals surface area contributed by atoms with E-state index in [0.29, 0.717) is 5.92 Å². The molecule has 0 radical (unpaired) electrons. The van der Waals surface area contributed by atoms with Gasteiger partial charge < -0.3 is 0 Å². The molecule has 2 aromatic rings. The van der Waals surface area contributed by atoms with E-state index in [1.165, 1.54) is 24.6 Å². The maximum atomic E-state index is 4.54. The Bertz CT molecular complexity index is 530. The zero-order valence-corrected chi connectivity index (χ0v) is 11.3. The van der Waals surface area contributed by atoms with Gasteiger partial charge in [0.15, 0.2) is 0 Å². The second-order valence-corrected chi connectivity index (χ2v) is 5.66. The molecule has 0 atom stereocenters. The van der Waals surface area contributed by atoms with Crippen molar-refractivity contribution in [1.29, 1.82) is 0 Å². The van der Waals surface area contributed by atoms with Crippen LogP contribution >= 0.6 is 27.7 Å². The quantitative estimate of drug-likeness (QED) is 0.816. The summed E-state index contributed by atoms with van der Waals surface area (Å²) in [6, 6.07) is 1.91. The molecule has 1 fully saturated rings. The van der Waals surface area contributed by atoms with Gasteiger partial charge >= 0.3 is 0 Å². The fraction of sp³-hybridized carbons (Fsp3) is 0.273. The van der Waals surface area contributed by atoms with Crippen LogP contribution in [0.3, 0.4) is 0 Å².